The number of nitrogens with one attached hydrogen (secondary N) is 1. The lowest BCUT2D eigenvalue weighted by atomic mass is 10.1. The summed E-state index contributed by atoms with van der Waals surface area (Å²) < 4.78 is 5.09. The first-order valence-corrected chi connectivity index (χ1v) is 7.08. The molecular weight excluding hydrogens is 252 g/mol. The van der Waals surface area contributed by atoms with Crippen molar-refractivity contribution in [2.24, 2.45) is 0 Å². The highest BCUT2D eigenvalue weighted by atomic mass is 16.5. The molecule has 106 valence electrons. The second kappa shape index (κ2) is 6.15. The predicted octanol–water partition coefficient (Wildman–Crippen LogP) is 1.09. The summed E-state index contributed by atoms with van der Waals surface area (Å²) in [5.74, 6) is 0.561. The molecule has 0 aliphatic carbocycles. The molecule has 0 atom stereocenters. The molecule has 0 radical (unpaired) electrons. The molecular formula is C15H20N4O. The number of aromatic nitrogens is 2. The molecule has 1 aliphatic rings. The summed E-state index contributed by atoms with van der Waals surface area (Å²) >= 11 is 0. The quantitative estimate of drug-likeness (QED) is 0.903. The first-order chi connectivity index (χ1) is 9.85. The predicted molar refractivity (Wildman–Crippen MR) is 79.1 cm³/mol. The molecule has 2 aromatic rings. The van der Waals surface area contributed by atoms with Gasteiger partial charge < -0.3 is 15.0 Å². The summed E-state index contributed by atoms with van der Waals surface area (Å²) in [6.07, 6.45) is 2.73. The van der Waals surface area contributed by atoms with Crippen LogP contribution >= 0.6 is 0 Å². The van der Waals surface area contributed by atoms with Gasteiger partial charge in [-0.1, -0.05) is 6.07 Å². The molecule has 20 heavy (non-hydrogen) atoms. The minimum absolute atomic E-state index is 0.561. The summed E-state index contributed by atoms with van der Waals surface area (Å²) in [5.41, 5.74) is 3.13. The van der Waals surface area contributed by atoms with Crippen molar-refractivity contribution in [2.75, 3.05) is 39.8 Å². The Bertz CT molecular complexity index is 581. The number of hydrogen-bond acceptors (Lipinski definition) is 5. The number of nitrogens with zero attached hydrogens (tertiary/aromatic N) is 3. The molecule has 0 amide bonds. The SMILES string of the molecule is COc1cnc2cc(CCN3CCNCC3)ccc2n1. The smallest absolute Gasteiger partial charge is 0.232 e. The molecule has 0 spiro atoms. The maximum absolute atomic E-state index is 5.09. The third kappa shape index (κ3) is 3.05. The molecule has 0 bridgehead atoms. The van der Waals surface area contributed by atoms with E-state index in [1.54, 1.807) is 13.3 Å². The number of benzene rings is 1. The van der Waals surface area contributed by atoms with E-state index < -0.39 is 0 Å². The molecule has 1 aliphatic heterocycles. The van der Waals surface area contributed by atoms with Crippen molar-refractivity contribution in [1.29, 1.82) is 0 Å². The van der Waals surface area contributed by atoms with Crippen LogP contribution < -0.4 is 10.1 Å². The van der Waals surface area contributed by atoms with Crippen LogP contribution in [-0.2, 0) is 6.42 Å². The highest BCUT2D eigenvalue weighted by molar-refractivity contribution is 5.75. The molecule has 3 rings (SSSR count). The Morgan fingerprint density at radius 2 is 2.10 bits per heavy atom. The van der Waals surface area contributed by atoms with Crippen molar-refractivity contribution in [3.8, 4) is 5.88 Å². The van der Waals surface area contributed by atoms with Gasteiger partial charge in [-0.2, -0.15) is 0 Å². The zero-order chi connectivity index (χ0) is 13.8. The highest BCUT2D eigenvalue weighted by Gasteiger charge is 2.09. The van der Waals surface area contributed by atoms with E-state index >= 15 is 0 Å². The maximum atomic E-state index is 5.09. The Hall–Kier alpha value is -1.72. The van der Waals surface area contributed by atoms with Gasteiger partial charge in [0.1, 0.15) is 0 Å². The third-order valence-corrected chi connectivity index (χ3v) is 3.72. The van der Waals surface area contributed by atoms with E-state index in [4.69, 9.17) is 4.74 Å². The topological polar surface area (TPSA) is 50.3 Å². The van der Waals surface area contributed by atoms with Gasteiger partial charge >= 0.3 is 0 Å². The van der Waals surface area contributed by atoms with Crippen LogP contribution in [0.4, 0.5) is 0 Å². The zero-order valence-corrected chi connectivity index (χ0v) is 11.8. The van der Waals surface area contributed by atoms with Crippen LogP contribution in [0, 0.1) is 0 Å². The van der Waals surface area contributed by atoms with Gasteiger partial charge in [0, 0.05) is 32.7 Å². The molecule has 1 N–H and O–H groups in total. The number of piperazine rings is 1. The van der Waals surface area contributed by atoms with E-state index in [9.17, 15) is 0 Å². The number of rotatable bonds is 4. The van der Waals surface area contributed by atoms with Gasteiger partial charge in [0.25, 0.3) is 0 Å². The van der Waals surface area contributed by atoms with Crippen molar-refractivity contribution >= 4 is 11.0 Å². The van der Waals surface area contributed by atoms with E-state index in [1.807, 2.05) is 6.07 Å². The van der Waals surface area contributed by atoms with Crippen molar-refractivity contribution in [3.05, 3.63) is 30.0 Å². The fraction of sp³-hybridized carbons (Fsp3) is 0.467. The van der Waals surface area contributed by atoms with E-state index in [-0.39, 0.29) is 0 Å². The lowest BCUT2D eigenvalue weighted by molar-refractivity contribution is 0.244. The number of ether oxygens (including phenoxy) is 1. The third-order valence-electron chi connectivity index (χ3n) is 3.72. The summed E-state index contributed by atoms with van der Waals surface area (Å²) in [5, 5.41) is 3.38. The van der Waals surface area contributed by atoms with Gasteiger partial charge in [0.15, 0.2) is 0 Å². The van der Waals surface area contributed by atoms with Crippen LogP contribution in [0.2, 0.25) is 0 Å². The van der Waals surface area contributed by atoms with Gasteiger partial charge in [-0.05, 0) is 24.1 Å². The van der Waals surface area contributed by atoms with E-state index in [1.165, 1.54) is 5.56 Å². The number of hydrogen-bond donors (Lipinski definition) is 1. The molecule has 2 heterocycles. The summed E-state index contributed by atoms with van der Waals surface area (Å²) in [6.45, 7) is 5.60. The molecule has 5 heteroatoms. The van der Waals surface area contributed by atoms with Gasteiger partial charge in [-0.25, -0.2) is 9.97 Å². The van der Waals surface area contributed by atoms with Gasteiger partial charge in [-0.15, -0.1) is 0 Å². The summed E-state index contributed by atoms with van der Waals surface area (Å²) in [7, 11) is 1.61. The Morgan fingerprint density at radius 3 is 2.90 bits per heavy atom. The molecule has 1 aromatic heterocycles. The maximum Gasteiger partial charge on any atom is 0.232 e. The van der Waals surface area contributed by atoms with E-state index in [2.05, 4.69) is 32.3 Å². The van der Waals surface area contributed by atoms with Crippen LogP contribution in [0.25, 0.3) is 11.0 Å². The molecule has 0 saturated carbocycles. The van der Waals surface area contributed by atoms with Crippen molar-refractivity contribution in [2.45, 2.75) is 6.42 Å². The number of fused-ring (bicyclic) bond motifs is 1. The summed E-state index contributed by atoms with van der Waals surface area (Å²) in [4.78, 5) is 11.3. The lowest BCUT2D eigenvalue weighted by Gasteiger charge is -2.27. The monoisotopic (exact) mass is 272 g/mol. The molecule has 5 nitrogen and oxygen atoms in total. The van der Waals surface area contributed by atoms with E-state index in [0.29, 0.717) is 5.88 Å². The molecule has 1 aromatic carbocycles. The second-order valence-corrected chi connectivity index (χ2v) is 5.08. The zero-order valence-electron chi connectivity index (χ0n) is 11.8. The first-order valence-electron chi connectivity index (χ1n) is 7.08. The second-order valence-electron chi connectivity index (χ2n) is 5.08. The van der Waals surface area contributed by atoms with Crippen LogP contribution in [0.15, 0.2) is 24.4 Å². The van der Waals surface area contributed by atoms with Crippen molar-refractivity contribution in [3.63, 3.8) is 0 Å². The average molecular weight is 272 g/mol. The van der Waals surface area contributed by atoms with Crippen LogP contribution in [-0.4, -0.2) is 54.7 Å². The first kappa shape index (κ1) is 13.3. The minimum Gasteiger partial charge on any atom is -0.480 e. The number of methoxy groups -OCH3 is 1. The Morgan fingerprint density at radius 1 is 1.25 bits per heavy atom. The molecule has 1 saturated heterocycles. The van der Waals surface area contributed by atoms with Gasteiger partial charge in [0.05, 0.1) is 24.3 Å². The Kier molecular flexibility index (Phi) is 4.08. The van der Waals surface area contributed by atoms with Crippen molar-refractivity contribution < 1.29 is 4.74 Å². The van der Waals surface area contributed by atoms with Crippen molar-refractivity contribution in [1.82, 2.24) is 20.2 Å². The minimum atomic E-state index is 0.561. The largest absolute Gasteiger partial charge is 0.480 e. The molecule has 1 fully saturated rings. The molecule has 0 unspecified atom stereocenters. The standard InChI is InChI=1S/C15H20N4O/c1-20-15-11-17-14-10-12(2-3-13(14)18-15)4-7-19-8-5-16-6-9-19/h2-3,10-11,16H,4-9H2,1H3. The van der Waals surface area contributed by atoms with Crippen LogP contribution in [0.1, 0.15) is 5.56 Å². The van der Waals surface area contributed by atoms with E-state index in [0.717, 1.165) is 50.2 Å². The normalized spacial score (nSPS) is 16.4. The van der Waals surface area contributed by atoms with Gasteiger partial charge in [-0.3, -0.25) is 0 Å². The van der Waals surface area contributed by atoms with Gasteiger partial charge in [0.2, 0.25) is 5.88 Å². The van der Waals surface area contributed by atoms with Crippen LogP contribution in [0.5, 0.6) is 5.88 Å². The Labute approximate surface area is 119 Å². The fourth-order valence-corrected chi connectivity index (χ4v) is 2.52. The fourth-order valence-electron chi connectivity index (χ4n) is 2.52. The average Bonchev–Trinajstić information content (AvgIpc) is 2.53. The summed E-state index contributed by atoms with van der Waals surface area (Å²) in [6, 6.07) is 6.29. The van der Waals surface area contributed by atoms with Crippen LogP contribution in [0.3, 0.4) is 0 Å². The Balaban J connectivity index is 1.69. The lowest BCUT2D eigenvalue weighted by Crippen LogP contribution is -2.44. The highest BCUT2D eigenvalue weighted by Crippen LogP contribution is 2.15.